The Labute approximate surface area is 182 Å². The molecule has 4 aromatic rings. The van der Waals surface area contributed by atoms with E-state index in [0.717, 1.165) is 46.7 Å². The molecule has 3 unspecified atom stereocenters. The van der Waals surface area contributed by atoms with Crippen molar-refractivity contribution in [2.75, 3.05) is 19.4 Å². The van der Waals surface area contributed by atoms with E-state index in [-0.39, 0.29) is 12.3 Å². The second-order valence-corrected chi connectivity index (χ2v) is 8.43. The molecule has 0 amide bonds. The van der Waals surface area contributed by atoms with E-state index >= 15 is 0 Å². The molecule has 0 saturated carbocycles. The SMILES string of the molecule is CO.Nc1ncnc2c1ccn2C1CCC(CNS(=O)c2ccc3ccccc3c2)O1. The van der Waals surface area contributed by atoms with E-state index in [0.29, 0.717) is 12.4 Å². The Morgan fingerprint density at radius 3 is 2.81 bits per heavy atom. The lowest BCUT2D eigenvalue weighted by Crippen LogP contribution is -2.28. The first kappa shape index (κ1) is 21.4. The molecule has 0 aliphatic carbocycles. The van der Waals surface area contributed by atoms with Crippen molar-refractivity contribution in [1.82, 2.24) is 19.3 Å². The van der Waals surface area contributed by atoms with E-state index in [1.807, 2.05) is 59.3 Å². The number of nitrogen functional groups attached to an aromatic ring is 1. The van der Waals surface area contributed by atoms with Gasteiger partial charge in [-0.15, -0.1) is 0 Å². The first-order chi connectivity index (χ1) is 15.2. The highest BCUT2D eigenvalue weighted by Crippen LogP contribution is 2.31. The van der Waals surface area contributed by atoms with Gasteiger partial charge in [-0.2, -0.15) is 0 Å². The molecule has 4 N–H and O–H groups in total. The number of fused-ring (bicyclic) bond motifs is 2. The van der Waals surface area contributed by atoms with Crippen LogP contribution in [0.1, 0.15) is 19.1 Å². The Kier molecular flexibility index (Phi) is 6.57. The number of nitrogens with one attached hydrogen (secondary N) is 1. The van der Waals surface area contributed by atoms with Gasteiger partial charge in [0.05, 0.1) is 16.4 Å². The molecule has 0 spiro atoms. The van der Waals surface area contributed by atoms with Gasteiger partial charge >= 0.3 is 0 Å². The van der Waals surface area contributed by atoms with Gasteiger partial charge in [-0.1, -0.05) is 30.3 Å². The lowest BCUT2D eigenvalue weighted by molar-refractivity contribution is 0.00757. The molecule has 3 atom stereocenters. The minimum Gasteiger partial charge on any atom is -0.400 e. The molecule has 8 nitrogen and oxygen atoms in total. The van der Waals surface area contributed by atoms with Crippen molar-refractivity contribution >= 4 is 38.6 Å². The van der Waals surface area contributed by atoms with Gasteiger partial charge in [0.2, 0.25) is 0 Å². The van der Waals surface area contributed by atoms with Crippen LogP contribution in [0.15, 0.2) is 66.0 Å². The summed E-state index contributed by atoms with van der Waals surface area (Å²) >= 11 is 0. The summed E-state index contributed by atoms with van der Waals surface area (Å²) < 4.78 is 24.0. The molecule has 1 fully saturated rings. The number of aromatic nitrogens is 3. The Morgan fingerprint density at radius 1 is 1.16 bits per heavy atom. The molecule has 1 aliphatic heterocycles. The van der Waals surface area contributed by atoms with Crippen LogP contribution in [0.25, 0.3) is 21.8 Å². The van der Waals surface area contributed by atoms with Crippen LogP contribution in [0.4, 0.5) is 5.82 Å². The molecule has 162 valence electrons. The summed E-state index contributed by atoms with van der Waals surface area (Å²) in [5.41, 5.74) is 6.69. The van der Waals surface area contributed by atoms with E-state index < -0.39 is 11.0 Å². The molecule has 2 aromatic carbocycles. The number of aliphatic hydroxyl groups is 1. The first-order valence-corrected chi connectivity index (χ1v) is 11.2. The van der Waals surface area contributed by atoms with Crippen LogP contribution in [0.3, 0.4) is 0 Å². The fraction of sp³-hybridized carbons (Fsp3) is 0.273. The summed E-state index contributed by atoms with van der Waals surface area (Å²) in [4.78, 5) is 9.13. The zero-order chi connectivity index (χ0) is 21.8. The van der Waals surface area contributed by atoms with Crippen molar-refractivity contribution in [2.24, 2.45) is 0 Å². The number of hydrogen-bond acceptors (Lipinski definition) is 6. The summed E-state index contributed by atoms with van der Waals surface area (Å²) in [6.45, 7) is 0.520. The van der Waals surface area contributed by atoms with Crippen molar-refractivity contribution in [3.63, 3.8) is 0 Å². The summed E-state index contributed by atoms with van der Waals surface area (Å²) in [6, 6.07) is 15.8. The molecule has 9 heteroatoms. The number of nitrogens with zero attached hydrogens (tertiary/aromatic N) is 3. The average molecular weight is 440 g/mol. The Morgan fingerprint density at radius 2 is 1.97 bits per heavy atom. The third-order valence-corrected chi connectivity index (χ3v) is 6.42. The smallest absolute Gasteiger partial charge is 0.147 e. The number of anilines is 1. The van der Waals surface area contributed by atoms with E-state index in [1.165, 1.54) is 6.33 Å². The van der Waals surface area contributed by atoms with Crippen LogP contribution in [-0.2, 0) is 15.7 Å². The predicted molar refractivity (Wildman–Crippen MR) is 122 cm³/mol. The van der Waals surface area contributed by atoms with Gasteiger partial charge in [0, 0.05) is 19.9 Å². The number of nitrogens with two attached hydrogens (primary N) is 1. The molecule has 0 radical (unpaired) electrons. The van der Waals surface area contributed by atoms with Gasteiger partial charge in [0.25, 0.3) is 0 Å². The van der Waals surface area contributed by atoms with Crippen LogP contribution in [-0.4, -0.2) is 43.6 Å². The predicted octanol–water partition coefficient (Wildman–Crippen LogP) is 2.77. The van der Waals surface area contributed by atoms with Crippen LogP contribution in [0, 0.1) is 0 Å². The Balaban J connectivity index is 0.00000112. The zero-order valence-electron chi connectivity index (χ0n) is 17.1. The standard InChI is InChI=1S/C21H21N5O2S.CH4O/c22-20-18-9-10-26(21(18)24-13-23-20)19-8-6-16(28-19)12-25-29(27)17-7-5-14-3-1-2-4-15(14)11-17;1-2/h1-5,7,9-11,13,16,19,25H,6,8,12H2,(H2,22,23,24);2H,1H3. The minimum absolute atomic E-state index is 0.0129. The molecule has 5 rings (SSSR count). The number of aliphatic hydroxyl groups excluding tert-OH is 1. The van der Waals surface area contributed by atoms with Gasteiger partial charge < -0.3 is 20.1 Å². The van der Waals surface area contributed by atoms with Crippen LogP contribution in [0.5, 0.6) is 0 Å². The summed E-state index contributed by atoms with van der Waals surface area (Å²) in [6.07, 6.45) is 5.03. The average Bonchev–Trinajstić information content (AvgIpc) is 3.46. The summed E-state index contributed by atoms with van der Waals surface area (Å²) in [5.74, 6) is 0.468. The van der Waals surface area contributed by atoms with E-state index in [2.05, 4.69) is 14.7 Å². The second-order valence-electron chi connectivity index (χ2n) is 7.14. The fourth-order valence-electron chi connectivity index (χ4n) is 3.80. The normalized spacial score (nSPS) is 19.3. The van der Waals surface area contributed by atoms with Gasteiger partial charge in [0.1, 0.15) is 35.0 Å². The van der Waals surface area contributed by atoms with Crippen molar-refractivity contribution in [3.8, 4) is 0 Å². The maximum Gasteiger partial charge on any atom is 0.147 e. The van der Waals surface area contributed by atoms with Gasteiger partial charge in [0.15, 0.2) is 0 Å². The maximum atomic E-state index is 12.7. The molecule has 0 bridgehead atoms. The van der Waals surface area contributed by atoms with Crippen molar-refractivity contribution < 1.29 is 14.1 Å². The number of rotatable bonds is 5. The molecule has 31 heavy (non-hydrogen) atoms. The lowest BCUT2D eigenvalue weighted by Gasteiger charge is -2.16. The summed E-state index contributed by atoms with van der Waals surface area (Å²) in [5, 5.41) is 10.0. The van der Waals surface area contributed by atoms with E-state index in [4.69, 9.17) is 15.6 Å². The highest BCUT2D eigenvalue weighted by molar-refractivity contribution is 7.83. The molecule has 3 heterocycles. The first-order valence-electron chi connectivity index (χ1n) is 10.0. The molecular weight excluding hydrogens is 414 g/mol. The van der Waals surface area contributed by atoms with Crippen molar-refractivity contribution in [1.29, 1.82) is 0 Å². The number of hydrogen-bond donors (Lipinski definition) is 3. The molecule has 2 aromatic heterocycles. The Hall–Kier alpha value is -2.85. The van der Waals surface area contributed by atoms with Crippen LogP contribution < -0.4 is 10.5 Å². The highest BCUT2D eigenvalue weighted by atomic mass is 32.2. The van der Waals surface area contributed by atoms with Crippen molar-refractivity contribution in [3.05, 3.63) is 61.1 Å². The van der Waals surface area contributed by atoms with Gasteiger partial charge in [-0.3, -0.25) is 0 Å². The van der Waals surface area contributed by atoms with E-state index in [9.17, 15) is 4.21 Å². The second kappa shape index (κ2) is 9.52. The monoisotopic (exact) mass is 439 g/mol. The maximum absolute atomic E-state index is 12.7. The summed E-state index contributed by atoms with van der Waals surface area (Å²) in [7, 11) is -0.283. The third kappa shape index (κ3) is 4.45. The fourth-order valence-corrected chi connectivity index (χ4v) is 4.73. The van der Waals surface area contributed by atoms with Crippen molar-refractivity contribution in [2.45, 2.75) is 30.1 Å². The molecule has 1 saturated heterocycles. The number of benzene rings is 2. The van der Waals surface area contributed by atoms with Gasteiger partial charge in [-0.05, 0) is 41.8 Å². The van der Waals surface area contributed by atoms with Gasteiger partial charge in [-0.25, -0.2) is 18.9 Å². The Bertz CT molecular complexity index is 1210. The largest absolute Gasteiger partial charge is 0.400 e. The number of ether oxygens (including phenoxy) is 1. The quantitative estimate of drug-likeness (QED) is 0.440. The lowest BCUT2D eigenvalue weighted by atomic mass is 10.1. The van der Waals surface area contributed by atoms with E-state index in [1.54, 1.807) is 0 Å². The third-order valence-electron chi connectivity index (χ3n) is 5.31. The zero-order valence-corrected chi connectivity index (χ0v) is 18.0. The van der Waals surface area contributed by atoms with Crippen LogP contribution in [0.2, 0.25) is 0 Å². The topological polar surface area (TPSA) is 115 Å². The minimum atomic E-state index is -1.28. The molecule has 1 aliphatic rings. The van der Waals surface area contributed by atoms with Crippen LogP contribution >= 0.6 is 0 Å². The highest BCUT2D eigenvalue weighted by Gasteiger charge is 2.28. The molecular formula is C22H25N5O3S.